The Morgan fingerprint density at radius 2 is 2.10 bits per heavy atom. The zero-order valence-corrected chi connectivity index (χ0v) is 11.4. The summed E-state index contributed by atoms with van der Waals surface area (Å²) in [7, 11) is 0. The molecular weight excluding hydrogens is 271 g/mol. The lowest BCUT2D eigenvalue weighted by Crippen LogP contribution is -2.04. The molecule has 0 unspecified atom stereocenters. The first-order valence-electron chi connectivity index (χ1n) is 6.25. The van der Waals surface area contributed by atoms with Crippen molar-refractivity contribution < 1.29 is 14.3 Å². The van der Waals surface area contributed by atoms with Crippen molar-refractivity contribution in [1.29, 1.82) is 5.26 Å². The molecule has 0 heterocycles. The number of hydrogen-bond acceptors (Lipinski definition) is 4. The highest BCUT2D eigenvalue weighted by Gasteiger charge is 2.10. The monoisotopic (exact) mass is 284 g/mol. The molecule has 2 rings (SSSR count). The molecule has 0 aliphatic carbocycles. The van der Waals surface area contributed by atoms with Crippen LogP contribution in [0.2, 0.25) is 0 Å². The van der Waals surface area contributed by atoms with E-state index >= 15 is 0 Å². The Hall–Kier alpha value is -2.87. The minimum atomic E-state index is -0.447. The smallest absolute Gasteiger partial charge is 0.129 e. The van der Waals surface area contributed by atoms with Crippen LogP contribution in [0.5, 0.6) is 5.75 Å². The summed E-state index contributed by atoms with van der Waals surface area (Å²) >= 11 is 0. The summed E-state index contributed by atoms with van der Waals surface area (Å²) in [6, 6.07) is 13.1. The van der Waals surface area contributed by atoms with E-state index in [1.807, 2.05) is 6.07 Å². The molecule has 0 fully saturated rings. The highest BCUT2D eigenvalue weighted by molar-refractivity contribution is 6.00. The van der Waals surface area contributed by atoms with Crippen molar-refractivity contribution in [3.63, 3.8) is 0 Å². The van der Waals surface area contributed by atoms with E-state index in [4.69, 9.17) is 15.2 Å². The largest absolute Gasteiger partial charge is 0.488 e. The molecule has 2 aromatic rings. The van der Waals surface area contributed by atoms with Gasteiger partial charge in [0.25, 0.3) is 0 Å². The SMILES string of the molecule is C/C(=N/O)c1cc(F)ccc1OCc1ccccc1C#N. The summed E-state index contributed by atoms with van der Waals surface area (Å²) in [5.41, 5.74) is 1.87. The summed E-state index contributed by atoms with van der Waals surface area (Å²) in [6.07, 6.45) is 0. The first-order valence-corrected chi connectivity index (χ1v) is 6.25. The van der Waals surface area contributed by atoms with E-state index in [1.54, 1.807) is 25.1 Å². The second kappa shape index (κ2) is 6.53. The maximum Gasteiger partial charge on any atom is 0.129 e. The second-order valence-electron chi connectivity index (χ2n) is 4.38. The number of halogens is 1. The van der Waals surface area contributed by atoms with Gasteiger partial charge in [0, 0.05) is 11.1 Å². The topological polar surface area (TPSA) is 65.6 Å². The molecule has 106 valence electrons. The lowest BCUT2D eigenvalue weighted by Gasteiger charge is -2.11. The van der Waals surface area contributed by atoms with Gasteiger partial charge < -0.3 is 9.94 Å². The molecule has 0 radical (unpaired) electrons. The van der Waals surface area contributed by atoms with Crippen molar-refractivity contribution in [1.82, 2.24) is 0 Å². The van der Waals surface area contributed by atoms with Gasteiger partial charge in [-0.3, -0.25) is 0 Å². The Kier molecular flexibility index (Phi) is 4.52. The predicted octanol–water partition coefficient (Wildman–Crippen LogP) is 3.47. The number of nitriles is 1. The van der Waals surface area contributed by atoms with Crippen LogP contribution in [0.4, 0.5) is 4.39 Å². The maximum atomic E-state index is 13.3. The fourth-order valence-corrected chi connectivity index (χ4v) is 1.88. The van der Waals surface area contributed by atoms with E-state index in [2.05, 4.69) is 11.2 Å². The Labute approximate surface area is 121 Å². The minimum Gasteiger partial charge on any atom is -0.488 e. The number of hydrogen-bond donors (Lipinski definition) is 1. The van der Waals surface area contributed by atoms with Crippen molar-refractivity contribution in [2.75, 3.05) is 0 Å². The lowest BCUT2D eigenvalue weighted by atomic mass is 10.1. The van der Waals surface area contributed by atoms with E-state index in [0.29, 0.717) is 16.9 Å². The Bertz CT molecular complexity index is 720. The number of rotatable bonds is 4. The van der Waals surface area contributed by atoms with Crippen LogP contribution in [0.25, 0.3) is 0 Å². The van der Waals surface area contributed by atoms with Gasteiger partial charge in [0.1, 0.15) is 18.2 Å². The third-order valence-electron chi connectivity index (χ3n) is 3.00. The molecule has 4 nitrogen and oxygen atoms in total. The molecule has 2 aromatic carbocycles. The summed E-state index contributed by atoms with van der Waals surface area (Å²) < 4.78 is 18.9. The van der Waals surface area contributed by atoms with Gasteiger partial charge >= 0.3 is 0 Å². The molecule has 5 heteroatoms. The quantitative estimate of drug-likeness (QED) is 0.531. The molecule has 0 bridgehead atoms. The number of oxime groups is 1. The summed E-state index contributed by atoms with van der Waals surface area (Å²) in [4.78, 5) is 0. The number of ether oxygens (including phenoxy) is 1. The maximum absolute atomic E-state index is 13.3. The van der Waals surface area contributed by atoms with Gasteiger partial charge in [-0.15, -0.1) is 0 Å². The Balaban J connectivity index is 2.27. The van der Waals surface area contributed by atoms with E-state index in [9.17, 15) is 4.39 Å². The average molecular weight is 284 g/mol. The molecule has 21 heavy (non-hydrogen) atoms. The molecule has 0 amide bonds. The average Bonchev–Trinajstić information content (AvgIpc) is 2.53. The van der Waals surface area contributed by atoms with Gasteiger partial charge in [-0.2, -0.15) is 5.26 Å². The number of benzene rings is 2. The third kappa shape index (κ3) is 3.37. The highest BCUT2D eigenvalue weighted by Crippen LogP contribution is 2.22. The molecule has 1 N–H and O–H groups in total. The zero-order chi connectivity index (χ0) is 15.2. The minimum absolute atomic E-state index is 0.168. The standard InChI is InChI=1S/C16H13FN2O2/c1-11(19-20)15-8-14(17)6-7-16(15)21-10-13-5-3-2-4-12(13)9-18/h2-8,20H,10H2,1H3/b19-11-. The van der Waals surface area contributed by atoms with E-state index in [1.165, 1.54) is 18.2 Å². The van der Waals surface area contributed by atoms with Crippen LogP contribution < -0.4 is 4.74 Å². The van der Waals surface area contributed by atoms with Crippen molar-refractivity contribution >= 4 is 5.71 Å². The summed E-state index contributed by atoms with van der Waals surface area (Å²) in [5.74, 6) is -0.0581. The molecule has 0 aliphatic heterocycles. The molecule has 0 atom stereocenters. The van der Waals surface area contributed by atoms with Gasteiger partial charge in [0.2, 0.25) is 0 Å². The molecule has 0 saturated heterocycles. The fourth-order valence-electron chi connectivity index (χ4n) is 1.88. The summed E-state index contributed by atoms with van der Waals surface area (Å²) in [6.45, 7) is 1.71. The number of nitrogens with zero attached hydrogens (tertiary/aromatic N) is 2. The van der Waals surface area contributed by atoms with Crippen LogP contribution in [0.15, 0.2) is 47.6 Å². The van der Waals surface area contributed by atoms with Crippen molar-refractivity contribution in [2.24, 2.45) is 5.16 Å². The van der Waals surface area contributed by atoms with E-state index < -0.39 is 5.82 Å². The first-order chi connectivity index (χ1) is 10.2. The van der Waals surface area contributed by atoms with Crippen molar-refractivity contribution in [3.05, 3.63) is 65.0 Å². The second-order valence-corrected chi connectivity index (χ2v) is 4.38. The summed E-state index contributed by atoms with van der Waals surface area (Å²) in [5, 5.41) is 20.9. The van der Waals surface area contributed by atoms with Crippen LogP contribution in [-0.2, 0) is 6.61 Å². The van der Waals surface area contributed by atoms with E-state index in [0.717, 1.165) is 5.56 Å². The highest BCUT2D eigenvalue weighted by atomic mass is 19.1. The van der Waals surface area contributed by atoms with Crippen molar-refractivity contribution in [2.45, 2.75) is 13.5 Å². The van der Waals surface area contributed by atoms with Crippen LogP contribution in [0.1, 0.15) is 23.6 Å². The van der Waals surface area contributed by atoms with Crippen molar-refractivity contribution in [3.8, 4) is 11.8 Å². The van der Waals surface area contributed by atoms with Gasteiger partial charge in [-0.05, 0) is 31.2 Å². The predicted molar refractivity (Wildman–Crippen MR) is 75.9 cm³/mol. The zero-order valence-electron chi connectivity index (χ0n) is 11.4. The molecule has 0 spiro atoms. The van der Waals surface area contributed by atoms with Crippen LogP contribution >= 0.6 is 0 Å². The van der Waals surface area contributed by atoms with Gasteiger partial charge in [0.05, 0.1) is 17.3 Å². The van der Waals surface area contributed by atoms with Gasteiger partial charge in [-0.1, -0.05) is 23.4 Å². The Morgan fingerprint density at radius 3 is 2.81 bits per heavy atom. The Morgan fingerprint density at radius 1 is 1.33 bits per heavy atom. The van der Waals surface area contributed by atoms with Gasteiger partial charge in [-0.25, -0.2) is 4.39 Å². The molecular formula is C16H13FN2O2. The molecule has 0 saturated carbocycles. The molecule has 0 aliphatic rings. The molecule has 0 aromatic heterocycles. The van der Waals surface area contributed by atoms with Crippen LogP contribution in [0, 0.1) is 17.1 Å². The van der Waals surface area contributed by atoms with Crippen LogP contribution in [0.3, 0.4) is 0 Å². The van der Waals surface area contributed by atoms with E-state index in [-0.39, 0.29) is 12.3 Å². The fraction of sp³-hybridized carbons (Fsp3) is 0.125. The lowest BCUT2D eigenvalue weighted by molar-refractivity contribution is 0.302. The van der Waals surface area contributed by atoms with Gasteiger partial charge in [0.15, 0.2) is 0 Å². The third-order valence-corrected chi connectivity index (χ3v) is 3.00. The first kappa shape index (κ1) is 14.5. The van der Waals surface area contributed by atoms with Crippen LogP contribution in [-0.4, -0.2) is 10.9 Å². The normalized spacial score (nSPS) is 11.0.